The van der Waals surface area contributed by atoms with E-state index in [0.717, 1.165) is 30.8 Å². The summed E-state index contributed by atoms with van der Waals surface area (Å²) in [5, 5.41) is 9.00. The van der Waals surface area contributed by atoms with E-state index in [1.807, 2.05) is 35.1 Å². The average molecular weight is 298 g/mol. The zero-order valence-electron chi connectivity index (χ0n) is 10.9. The van der Waals surface area contributed by atoms with Crippen molar-refractivity contribution in [2.45, 2.75) is 26.4 Å². The van der Waals surface area contributed by atoms with E-state index in [1.54, 1.807) is 0 Å². The van der Waals surface area contributed by atoms with Crippen LogP contribution in [0.3, 0.4) is 0 Å². The number of hydrogen-bond donors (Lipinski definition) is 1. The lowest BCUT2D eigenvalue weighted by Gasteiger charge is -2.04. The van der Waals surface area contributed by atoms with Crippen LogP contribution in [0.25, 0.3) is 0 Å². The molecule has 1 aromatic carbocycles. The fourth-order valence-corrected chi connectivity index (χ4v) is 2.13. The van der Waals surface area contributed by atoms with Crippen LogP contribution in [0.2, 0.25) is 10.0 Å². The van der Waals surface area contributed by atoms with E-state index in [0.29, 0.717) is 16.6 Å². The molecule has 0 saturated heterocycles. The van der Waals surface area contributed by atoms with Crippen molar-refractivity contribution < 1.29 is 0 Å². The second-order valence-corrected chi connectivity index (χ2v) is 5.24. The molecule has 0 bridgehead atoms. The second-order valence-electron chi connectivity index (χ2n) is 4.43. The summed E-state index contributed by atoms with van der Waals surface area (Å²) in [5.74, 6) is 0. The number of rotatable bonds is 6. The van der Waals surface area contributed by atoms with Gasteiger partial charge in [-0.1, -0.05) is 36.2 Å². The van der Waals surface area contributed by atoms with E-state index < -0.39 is 0 Å². The summed E-state index contributed by atoms with van der Waals surface area (Å²) in [6.45, 7) is 4.67. The van der Waals surface area contributed by atoms with Crippen molar-refractivity contribution in [2.24, 2.45) is 0 Å². The third-order valence-corrected chi connectivity index (χ3v) is 3.50. The Kier molecular flexibility index (Phi) is 5.25. The minimum absolute atomic E-state index is 0.579. The van der Waals surface area contributed by atoms with E-state index in [1.165, 1.54) is 0 Å². The van der Waals surface area contributed by atoms with Gasteiger partial charge in [0.25, 0.3) is 0 Å². The van der Waals surface area contributed by atoms with Crippen LogP contribution in [0.5, 0.6) is 0 Å². The van der Waals surface area contributed by atoms with Gasteiger partial charge in [0.15, 0.2) is 0 Å². The van der Waals surface area contributed by atoms with E-state index in [4.69, 9.17) is 23.2 Å². The molecular weight excluding hydrogens is 281 g/mol. The predicted octanol–water partition coefficient (Wildman–Crippen LogP) is 3.74. The third-order valence-electron chi connectivity index (χ3n) is 2.76. The highest BCUT2D eigenvalue weighted by Crippen LogP contribution is 2.22. The Morgan fingerprint density at radius 3 is 2.79 bits per heavy atom. The van der Waals surface area contributed by atoms with E-state index in [2.05, 4.69) is 17.3 Å². The first-order valence-corrected chi connectivity index (χ1v) is 7.11. The van der Waals surface area contributed by atoms with Crippen LogP contribution < -0.4 is 5.32 Å². The minimum atomic E-state index is 0.579. The van der Waals surface area contributed by atoms with Crippen molar-refractivity contribution in [3.05, 3.63) is 51.8 Å². The topological polar surface area (TPSA) is 29.9 Å². The van der Waals surface area contributed by atoms with Crippen molar-refractivity contribution in [1.29, 1.82) is 0 Å². The summed E-state index contributed by atoms with van der Waals surface area (Å²) in [7, 11) is 0. The molecule has 1 N–H and O–H groups in total. The molecule has 0 aliphatic heterocycles. The molecule has 0 unspecified atom stereocenters. The van der Waals surface area contributed by atoms with E-state index in [9.17, 15) is 0 Å². The van der Waals surface area contributed by atoms with Crippen LogP contribution in [0.4, 0.5) is 0 Å². The molecule has 2 rings (SSSR count). The molecule has 0 aliphatic rings. The summed E-state index contributed by atoms with van der Waals surface area (Å²) in [5.41, 5.74) is 2.14. The number of benzene rings is 1. The standard InChI is InChI=1S/C14H17Cl2N3/c1-2-6-17-9-12-5-7-19(18-12)10-11-3-4-13(15)14(16)8-11/h3-5,7-8,17H,2,6,9-10H2,1H3. The van der Waals surface area contributed by atoms with Crippen molar-refractivity contribution in [1.82, 2.24) is 15.1 Å². The first-order chi connectivity index (χ1) is 9.19. The van der Waals surface area contributed by atoms with Crippen LogP contribution >= 0.6 is 23.2 Å². The molecule has 0 atom stereocenters. The van der Waals surface area contributed by atoms with Crippen LogP contribution in [0.15, 0.2) is 30.5 Å². The Bertz CT molecular complexity index is 537. The van der Waals surface area contributed by atoms with Gasteiger partial charge in [-0.25, -0.2) is 0 Å². The fourth-order valence-electron chi connectivity index (χ4n) is 1.80. The number of hydrogen-bond acceptors (Lipinski definition) is 2. The van der Waals surface area contributed by atoms with Crippen molar-refractivity contribution in [3.63, 3.8) is 0 Å². The van der Waals surface area contributed by atoms with Gasteiger partial charge in [0, 0.05) is 12.7 Å². The van der Waals surface area contributed by atoms with Gasteiger partial charge in [0.2, 0.25) is 0 Å². The molecule has 1 heterocycles. The molecule has 0 spiro atoms. The van der Waals surface area contributed by atoms with Crippen molar-refractivity contribution in [3.8, 4) is 0 Å². The lowest BCUT2D eigenvalue weighted by molar-refractivity contribution is 0.628. The SMILES string of the molecule is CCCNCc1ccn(Cc2ccc(Cl)c(Cl)c2)n1. The van der Waals surface area contributed by atoms with E-state index >= 15 is 0 Å². The molecule has 19 heavy (non-hydrogen) atoms. The van der Waals surface area contributed by atoms with Gasteiger partial charge in [-0.2, -0.15) is 5.10 Å². The lowest BCUT2D eigenvalue weighted by Crippen LogP contribution is -2.14. The van der Waals surface area contributed by atoms with Gasteiger partial charge in [0.05, 0.1) is 22.3 Å². The normalized spacial score (nSPS) is 10.9. The molecule has 0 fully saturated rings. The Hall–Kier alpha value is -1.03. The largest absolute Gasteiger partial charge is 0.311 e. The molecule has 2 aromatic rings. The molecule has 0 saturated carbocycles. The average Bonchev–Trinajstić information content (AvgIpc) is 2.82. The van der Waals surface area contributed by atoms with Gasteiger partial charge in [-0.3, -0.25) is 4.68 Å². The number of nitrogens with zero attached hydrogens (tertiary/aromatic N) is 2. The second kappa shape index (κ2) is 6.94. The minimum Gasteiger partial charge on any atom is -0.311 e. The highest BCUT2D eigenvalue weighted by atomic mass is 35.5. The molecule has 1 aromatic heterocycles. The third kappa shape index (κ3) is 4.23. The van der Waals surface area contributed by atoms with Crippen LogP contribution in [0.1, 0.15) is 24.6 Å². The molecule has 5 heteroatoms. The molecule has 0 amide bonds. The van der Waals surface area contributed by atoms with E-state index in [-0.39, 0.29) is 0 Å². The maximum Gasteiger partial charge on any atom is 0.0762 e. The molecule has 102 valence electrons. The fraction of sp³-hybridized carbons (Fsp3) is 0.357. The zero-order chi connectivity index (χ0) is 13.7. The zero-order valence-corrected chi connectivity index (χ0v) is 12.4. The van der Waals surface area contributed by atoms with Gasteiger partial charge < -0.3 is 5.32 Å². The summed E-state index contributed by atoms with van der Waals surface area (Å²) >= 11 is 11.9. The molecule has 3 nitrogen and oxygen atoms in total. The number of halogens is 2. The first kappa shape index (κ1) is 14.4. The Balaban J connectivity index is 1.97. The maximum atomic E-state index is 6.00. The van der Waals surface area contributed by atoms with Crippen molar-refractivity contribution >= 4 is 23.2 Å². The monoisotopic (exact) mass is 297 g/mol. The van der Waals surface area contributed by atoms with Crippen molar-refractivity contribution in [2.75, 3.05) is 6.54 Å². The number of nitrogens with one attached hydrogen (secondary N) is 1. The molecule has 0 radical (unpaired) electrons. The van der Waals surface area contributed by atoms with Crippen LogP contribution in [-0.2, 0) is 13.1 Å². The van der Waals surface area contributed by atoms with Gasteiger partial charge >= 0.3 is 0 Å². The van der Waals surface area contributed by atoms with Gasteiger partial charge in [0.1, 0.15) is 0 Å². The predicted molar refractivity (Wildman–Crippen MR) is 79.8 cm³/mol. The first-order valence-electron chi connectivity index (χ1n) is 6.36. The summed E-state index contributed by atoms with van der Waals surface area (Å²) in [6, 6.07) is 7.68. The molecular formula is C14H17Cl2N3. The quantitative estimate of drug-likeness (QED) is 0.823. The molecule has 0 aliphatic carbocycles. The Morgan fingerprint density at radius 2 is 2.05 bits per heavy atom. The Morgan fingerprint density at radius 1 is 1.21 bits per heavy atom. The Labute approximate surface area is 123 Å². The van der Waals surface area contributed by atoms with Crippen LogP contribution in [-0.4, -0.2) is 16.3 Å². The summed E-state index contributed by atoms with van der Waals surface area (Å²) in [6.07, 6.45) is 3.11. The highest BCUT2D eigenvalue weighted by Gasteiger charge is 2.02. The number of aromatic nitrogens is 2. The smallest absolute Gasteiger partial charge is 0.0762 e. The summed E-state index contributed by atoms with van der Waals surface area (Å²) < 4.78 is 1.91. The van der Waals surface area contributed by atoms with Gasteiger partial charge in [-0.05, 0) is 36.7 Å². The maximum absolute atomic E-state index is 6.00. The highest BCUT2D eigenvalue weighted by molar-refractivity contribution is 6.42. The lowest BCUT2D eigenvalue weighted by atomic mass is 10.2. The summed E-state index contributed by atoms with van der Waals surface area (Å²) in [4.78, 5) is 0. The van der Waals surface area contributed by atoms with Crippen LogP contribution in [0, 0.1) is 0 Å². The van der Waals surface area contributed by atoms with Gasteiger partial charge in [-0.15, -0.1) is 0 Å².